The van der Waals surface area contributed by atoms with Gasteiger partial charge in [-0.2, -0.15) is 0 Å². The molecule has 0 aliphatic carbocycles. The molecule has 0 amide bonds. The summed E-state index contributed by atoms with van der Waals surface area (Å²) in [6.07, 6.45) is 3.49. The van der Waals surface area contributed by atoms with E-state index in [0.29, 0.717) is 24.1 Å². The van der Waals surface area contributed by atoms with Crippen molar-refractivity contribution in [3.05, 3.63) is 22.9 Å². The van der Waals surface area contributed by atoms with Crippen molar-refractivity contribution in [2.24, 2.45) is 5.73 Å². The number of nitrogens with two attached hydrogens (primary N) is 1. The molecule has 0 radical (unpaired) electrons. The first-order chi connectivity index (χ1) is 9.49. The van der Waals surface area contributed by atoms with Gasteiger partial charge >= 0.3 is 0 Å². The number of ether oxygens (including phenoxy) is 1. The predicted molar refractivity (Wildman–Crippen MR) is 80.5 cm³/mol. The summed E-state index contributed by atoms with van der Waals surface area (Å²) in [5, 5.41) is 7.67. The number of nitrogens with zero attached hydrogens (tertiary/aromatic N) is 2. The molecule has 0 spiro atoms. The van der Waals surface area contributed by atoms with Gasteiger partial charge in [-0.1, -0.05) is 0 Å². The Balaban J connectivity index is 2.03. The summed E-state index contributed by atoms with van der Waals surface area (Å²) in [6, 6.07) is 2.52. The zero-order valence-corrected chi connectivity index (χ0v) is 12.6. The quantitative estimate of drug-likeness (QED) is 0.635. The maximum Gasteiger partial charge on any atom is 0.225 e. The van der Waals surface area contributed by atoms with Crippen molar-refractivity contribution in [1.29, 1.82) is 5.41 Å². The van der Waals surface area contributed by atoms with E-state index in [1.54, 1.807) is 0 Å². The molecule has 1 aliphatic rings. The lowest BCUT2D eigenvalue weighted by Gasteiger charge is -2.20. The number of rotatable bonds is 5. The van der Waals surface area contributed by atoms with Gasteiger partial charge in [-0.05, 0) is 58.3 Å². The molecule has 1 aliphatic heterocycles. The van der Waals surface area contributed by atoms with Crippen LogP contribution in [0.1, 0.15) is 36.1 Å². The highest BCUT2D eigenvalue weighted by Gasteiger charge is 2.21. The second-order valence-corrected chi connectivity index (χ2v) is 5.59. The Hall–Kier alpha value is -1.62. The molecule has 0 aromatic carbocycles. The summed E-state index contributed by atoms with van der Waals surface area (Å²) in [6.45, 7) is 5.65. The Kier molecular flexibility index (Phi) is 4.60. The maximum atomic E-state index is 7.67. The van der Waals surface area contributed by atoms with E-state index in [4.69, 9.17) is 15.9 Å². The number of hydrogen-bond acceptors (Lipinski definition) is 4. The molecule has 5 heteroatoms. The van der Waals surface area contributed by atoms with Crippen LogP contribution in [0.3, 0.4) is 0 Å². The summed E-state index contributed by atoms with van der Waals surface area (Å²) < 4.78 is 5.81. The van der Waals surface area contributed by atoms with Gasteiger partial charge in [0.25, 0.3) is 0 Å². The smallest absolute Gasteiger partial charge is 0.225 e. The van der Waals surface area contributed by atoms with Crippen LogP contribution in [0, 0.1) is 19.3 Å². The lowest BCUT2D eigenvalue weighted by Crippen LogP contribution is -2.27. The first kappa shape index (κ1) is 14.8. The van der Waals surface area contributed by atoms with Gasteiger partial charge in [-0.3, -0.25) is 5.41 Å². The van der Waals surface area contributed by atoms with Gasteiger partial charge in [0, 0.05) is 11.7 Å². The molecule has 1 aromatic rings. The van der Waals surface area contributed by atoms with E-state index < -0.39 is 0 Å². The van der Waals surface area contributed by atoms with Crippen molar-refractivity contribution in [1.82, 2.24) is 9.88 Å². The van der Waals surface area contributed by atoms with Gasteiger partial charge in [-0.15, -0.1) is 0 Å². The first-order valence-corrected chi connectivity index (χ1v) is 7.14. The summed E-state index contributed by atoms with van der Waals surface area (Å²) >= 11 is 0. The lowest BCUT2D eigenvalue weighted by molar-refractivity contribution is 0.228. The Morgan fingerprint density at radius 3 is 2.90 bits per heavy atom. The zero-order valence-electron chi connectivity index (χ0n) is 12.6. The number of aromatic nitrogens is 1. The number of pyridine rings is 1. The summed E-state index contributed by atoms with van der Waals surface area (Å²) in [5.41, 5.74) is 8.09. The Morgan fingerprint density at radius 1 is 1.55 bits per heavy atom. The highest BCUT2D eigenvalue weighted by molar-refractivity contribution is 5.98. The molecule has 0 saturated carbocycles. The number of likely N-dealkylation sites (tertiary alicyclic amines) is 1. The molecule has 110 valence electrons. The molecular weight excluding hydrogens is 252 g/mol. The minimum absolute atomic E-state index is 0.0167. The number of aryl methyl sites for hydroxylation is 2. The molecule has 2 heterocycles. The standard InChI is InChI=1S/C15H24N4O/c1-10-9-11(2)18-15(13(10)14(16)17)20-8-6-12-5-4-7-19(12)3/h9,12H,4-8H2,1-3H3,(H3,16,17). The fourth-order valence-corrected chi connectivity index (χ4v) is 2.87. The van der Waals surface area contributed by atoms with Crippen LogP contribution < -0.4 is 10.5 Å². The van der Waals surface area contributed by atoms with Gasteiger partial charge in [0.2, 0.25) is 5.88 Å². The Bertz CT molecular complexity index is 501. The summed E-state index contributed by atoms with van der Waals surface area (Å²) in [7, 11) is 2.16. The number of nitrogen functional groups attached to an aromatic ring is 1. The number of nitrogens with one attached hydrogen (secondary N) is 1. The SMILES string of the molecule is Cc1cc(C)c(C(=N)N)c(OCCC2CCCN2C)n1. The van der Waals surface area contributed by atoms with Crippen LogP contribution in [0.4, 0.5) is 0 Å². The second-order valence-electron chi connectivity index (χ2n) is 5.59. The molecule has 0 bridgehead atoms. The van der Waals surface area contributed by atoms with E-state index in [1.165, 1.54) is 19.4 Å². The summed E-state index contributed by atoms with van der Waals surface area (Å²) in [4.78, 5) is 6.76. The average molecular weight is 276 g/mol. The van der Waals surface area contributed by atoms with Crippen molar-refractivity contribution in [3.8, 4) is 5.88 Å². The average Bonchev–Trinajstić information content (AvgIpc) is 2.73. The molecule has 5 nitrogen and oxygen atoms in total. The minimum Gasteiger partial charge on any atom is -0.477 e. The molecule has 1 unspecified atom stereocenters. The fraction of sp³-hybridized carbons (Fsp3) is 0.600. The maximum absolute atomic E-state index is 7.67. The first-order valence-electron chi connectivity index (χ1n) is 7.14. The van der Waals surface area contributed by atoms with Crippen LogP contribution in [-0.4, -0.2) is 42.0 Å². The minimum atomic E-state index is 0.0167. The summed E-state index contributed by atoms with van der Waals surface area (Å²) in [5.74, 6) is 0.513. The van der Waals surface area contributed by atoms with Gasteiger partial charge < -0.3 is 15.4 Å². The third kappa shape index (κ3) is 3.28. The molecule has 20 heavy (non-hydrogen) atoms. The van der Waals surface area contributed by atoms with Crippen molar-refractivity contribution >= 4 is 5.84 Å². The molecule has 3 N–H and O–H groups in total. The van der Waals surface area contributed by atoms with Crippen molar-refractivity contribution in [2.75, 3.05) is 20.2 Å². The monoisotopic (exact) mass is 276 g/mol. The van der Waals surface area contributed by atoms with E-state index in [2.05, 4.69) is 16.9 Å². The molecular formula is C15H24N4O. The van der Waals surface area contributed by atoms with E-state index in [1.807, 2.05) is 19.9 Å². The van der Waals surface area contributed by atoms with Crippen molar-refractivity contribution in [3.63, 3.8) is 0 Å². The molecule has 1 aromatic heterocycles. The highest BCUT2D eigenvalue weighted by atomic mass is 16.5. The van der Waals surface area contributed by atoms with Crippen LogP contribution >= 0.6 is 0 Å². The fourth-order valence-electron chi connectivity index (χ4n) is 2.87. The third-order valence-electron chi connectivity index (χ3n) is 3.94. The van der Waals surface area contributed by atoms with E-state index in [9.17, 15) is 0 Å². The number of amidine groups is 1. The van der Waals surface area contributed by atoms with Crippen molar-refractivity contribution < 1.29 is 4.74 Å². The van der Waals surface area contributed by atoms with Gasteiger partial charge in [0.05, 0.1) is 12.2 Å². The second kappa shape index (κ2) is 6.22. The van der Waals surface area contributed by atoms with Gasteiger partial charge in [0.15, 0.2) is 0 Å². The normalized spacial score (nSPS) is 19.2. The number of hydrogen-bond donors (Lipinski definition) is 2. The van der Waals surface area contributed by atoms with Crippen molar-refractivity contribution in [2.45, 2.75) is 39.2 Å². The largest absolute Gasteiger partial charge is 0.477 e. The van der Waals surface area contributed by atoms with E-state index in [0.717, 1.165) is 17.7 Å². The van der Waals surface area contributed by atoms with Gasteiger partial charge in [0.1, 0.15) is 5.84 Å². The van der Waals surface area contributed by atoms with Gasteiger partial charge in [-0.25, -0.2) is 4.98 Å². The van der Waals surface area contributed by atoms with Crippen LogP contribution in [0.25, 0.3) is 0 Å². The van der Waals surface area contributed by atoms with E-state index in [-0.39, 0.29) is 5.84 Å². The molecule has 2 rings (SSSR count). The zero-order chi connectivity index (χ0) is 14.7. The Morgan fingerprint density at radius 2 is 2.30 bits per heavy atom. The van der Waals surface area contributed by atoms with Crippen LogP contribution in [0.15, 0.2) is 6.07 Å². The highest BCUT2D eigenvalue weighted by Crippen LogP contribution is 2.22. The third-order valence-corrected chi connectivity index (χ3v) is 3.94. The molecule has 1 saturated heterocycles. The molecule has 1 fully saturated rings. The lowest BCUT2D eigenvalue weighted by atomic mass is 10.1. The van der Waals surface area contributed by atoms with Crippen LogP contribution in [0.2, 0.25) is 0 Å². The van der Waals surface area contributed by atoms with Crippen LogP contribution in [0.5, 0.6) is 5.88 Å². The predicted octanol–water partition coefficient (Wildman–Crippen LogP) is 1.85. The topological polar surface area (TPSA) is 75.2 Å². The van der Waals surface area contributed by atoms with E-state index >= 15 is 0 Å². The Labute approximate surface area is 120 Å². The molecule has 1 atom stereocenters. The van der Waals surface area contributed by atoms with Crippen LogP contribution in [-0.2, 0) is 0 Å².